The van der Waals surface area contributed by atoms with Gasteiger partial charge in [-0.2, -0.15) is 48.3 Å². The van der Waals surface area contributed by atoms with Gasteiger partial charge in [-0.1, -0.05) is 6.92 Å². The molecule has 1 saturated carbocycles. The summed E-state index contributed by atoms with van der Waals surface area (Å²) in [7, 11) is 0. The maximum atomic E-state index is 12.8. The van der Waals surface area contributed by atoms with Crippen LogP contribution in [0.15, 0.2) is 0 Å². The van der Waals surface area contributed by atoms with Crippen molar-refractivity contribution in [3.63, 3.8) is 0 Å². The highest BCUT2D eigenvalue weighted by Crippen LogP contribution is 2.72. The second-order valence-electron chi connectivity index (χ2n) is 4.18. The van der Waals surface area contributed by atoms with Gasteiger partial charge in [0.25, 0.3) is 0 Å². The summed E-state index contributed by atoms with van der Waals surface area (Å²) in [6, 6.07) is 0. The van der Waals surface area contributed by atoms with Gasteiger partial charge >= 0.3 is 35.5 Å². The Kier molecular flexibility index (Phi) is 5.12. The van der Waals surface area contributed by atoms with Gasteiger partial charge in [0.05, 0.1) is 0 Å². The molecular formula is C9H8F12O. The lowest BCUT2D eigenvalue weighted by Gasteiger charge is -2.32. The molecule has 1 nitrogen and oxygen atoms in total. The summed E-state index contributed by atoms with van der Waals surface area (Å²) in [5, 5.41) is 7.88. The third kappa shape index (κ3) is 2.14. The minimum atomic E-state index is -7.38. The molecule has 22 heavy (non-hydrogen) atoms. The molecule has 0 bridgehead atoms. The van der Waals surface area contributed by atoms with Crippen LogP contribution in [0.4, 0.5) is 52.7 Å². The molecule has 0 aromatic carbocycles. The Morgan fingerprint density at radius 3 is 1.00 bits per heavy atom. The van der Waals surface area contributed by atoms with Crippen LogP contribution in [0.2, 0.25) is 0 Å². The van der Waals surface area contributed by atoms with E-state index >= 15 is 0 Å². The van der Waals surface area contributed by atoms with Crippen LogP contribution < -0.4 is 0 Å². The van der Waals surface area contributed by atoms with Crippen molar-refractivity contribution < 1.29 is 57.8 Å². The number of alkyl halides is 12. The van der Waals surface area contributed by atoms with Crippen LogP contribution in [-0.2, 0) is 0 Å². The first-order valence-electron chi connectivity index (χ1n) is 5.29. The molecule has 0 saturated heterocycles. The van der Waals surface area contributed by atoms with Gasteiger partial charge < -0.3 is 5.11 Å². The van der Waals surface area contributed by atoms with Gasteiger partial charge in [0, 0.05) is 6.61 Å². The molecule has 0 aromatic rings. The predicted octanol–water partition coefficient (Wildman–Crippen LogP) is 4.20. The van der Waals surface area contributed by atoms with E-state index in [-0.39, 0.29) is 0 Å². The smallest absolute Gasteiger partial charge is 0.396 e. The van der Waals surface area contributed by atoms with Gasteiger partial charge in [-0.25, -0.2) is 4.39 Å². The van der Waals surface area contributed by atoms with Crippen molar-refractivity contribution in [2.45, 2.75) is 48.9 Å². The number of halogens is 12. The van der Waals surface area contributed by atoms with Crippen molar-refractivity contribution in [3.8, 4) is 0 Å². The number of aliphatic hydroxyl groups excluding tert-OH is 1. The van der Waals surface area contributed by atoms with E-state index in [0.29, 0.717) is 6.61 Å². The summed E-state index contributed by atoms with van der Waals surface area (Å²) >= 11 is 0. The quantitative estimate of drug-likeness (QED) is 0.695. The Balaban J connectivity index is 0.000000980. The summed E-state index contributed by atoms with van der Waals surface area (Å²) in [4.78, 5) is 0. The van der Waals surface area contributed by atoms with Gasteiger partial charge in [0.2, 0.25) is 0 Å². The largest absolute Gasteiger partial charge is 0.435 e. The Hall–Kier alpha value is -0.880. The Morgan fingerprint density at radius 1 is 0.682 bits per heavy atom. The zero-order valence-electron chi connectivity index (χ0n) is 10.4. The highest BCUT2D eigenvalue weighted by Gasteiger charge is 3.06. The lowest BCUT2D eigenvalue weighted by molar-refractivity contribution is -0.360. The summed E-state index contributed by atoms with van der Waals surface area (Å²) < 4.78 is 147. The van der Waals surface area contributed by atoms with Gasteiger partial charge in [-0.15, -0.1) is 0 Å². The highest BCUT2D eigenvalue weighted by molar-refractivity contribution is 5.29. The van der Waals surface area contributed by atoms with Crippen LogP contribution in [0.3, 0.4) is 0 Å². The van der Waals surface area contributed by atoms with Crippen molar-refractivity contribution in [1.82, 2.24) is 0 Å². The lowest BCUT2D eigenvalue weighted by atomic mass is 9.96. The van der Waals surface area contributed by atoms with Crippen LogP contribution in [0, 0.1) is 0 Å². The van der Waals surface area contributed by atoms with Crippen molar-refractivity contribution in [2.24, 2.45) is 0 Å². The Labute approximate surface area is 114 Å². The fourth-order valence-corrected chi connectivity index (χ4v) is 1.38. The Morgan fingerprint density at radius 2 is 0.909 bits per heavy atom. The highest BCUT2D eigenvalue weighted by atomic mass is 19.4. The monoisotopic (exact) mass is 360 g/mol. The van der Waals surface area contributed by atoms with E-state index in [4.69, 9.17) is 5.11 Å². The zero-order valence-corrected chi connectivity index (χ0v) is 10.4. The molecule has 1 aliphatic rings. The fourth-order valence-electron chi connectivity index (χ4n) is 1.38. The molecule has 0 unspecified atom stereocenters. The average Bonchev–Trinajstić information content (AvgIpc) is 2.39. The molecule has 0 aromatic heterocycles. The molecule has 1 N–H and O–H groups in total. The van der Waals surface area contributed by atoms with Gasteiger partial charge in [0.1, 0.15) is 0 Å². The SMILES string of the molecule is CCCO.FC(F)(F)C1(F)C(F)(F)C(F)(F)C(F)(F)C1(F)F. The molecule has 0 radical (unpaired) electrons. The zero-order chi connectivity index (χ0) is 18.4. The van der Waals surface area contributed by atoms with Crippen LogP contribution in [0.5, 0.6) is 0 Å². The van der Waals surface area contributed by atoms with Crippen LogP contribution in [-0.4, -0.2) is 47.2 Å². The van der Waals surface area contributed by atoms with E-state index in [2.05, 4.69) is 0 Å². The molecule has 0 atom stereocenters. The Bertz CT molecular complexity index is 370. The molecule has 0 amide bonds. The van der Waals surface area contributed by atoms with Crippen molar-refractivity contribution in [2.75, 3.05) is 6.61 Å². The van der Waals surface area contributed by atoms with E-state index in [1.165, 1.54) is 0 Å². The molecule has 13 heteroatoms. The van der Waals surface area contributed by atoms with Crippen LogP contribution >= 0.6 is 0 Å². The van der Waals surface area contributed by atoms with Crippen molar-refractivity contribution in [1.29, 1.82) is 0 Å². The van der Waals surface area contributed by atoms with Crippen LogP contribution in [0.25, 0.3) is 0 Å². The predicted molar refractivity (Wildman–Crippen MR) is 47.1 cm³/mol. The van der Waals surface area contributed by atoms with Crippen molar-refractivity contribution >= 4 is 0 Å². The second-order valence-corrected chi connectivity index (χ2v) is 4.18. The van der Waals surface area contributed by atoms with E-state index < -0.39 is 35.5 Å². The number of hydrogen-bond donors (Lipinski definition) is 1. The molecule has 1 rings (SSSR count). The molecule has 0 spiro atoms. The van der Waals surface area contributed by atoms with E-state index in [1.807, 2.05) is 6.92 Å². The van der Waals surface area contributed by atoms with Gasteiger partial charge in [0.15, 0.2) is 0 Å². The fraction of sp³-hybridized carbons (Fsp3) is 1.00. The maximum absolute atomic E-state index is 12.8. The topological polar surface area (TPSA) is 20.2 Å². The van der Waals surface area contributed by atoms with E-state index in [0.717, 1.165) is 6.42 Å². The molecule has 1 aliphatic carbocycles. The third-order valence-corrected chi connectivity index (χ3v) is 2.66. The summed E-state index contributed by atoms with van der Waals surface area (Å²) in [6.45, 7) is 2.25. The molecule has 0 heterocycles. The van der Waals surface area contributed by atoms with E-state index in [9.17, 15) is 52.7 Å². The van der Waals surface area contributed by atoms with Gasteiger partial charge in [-0.05, 0) is 6.42 Å². The molecule has 134 valence electrons. The molecule has 1 fully saturated rings. The molecule has 0 aliphatic heterocycles. The first-order chi connectivity index (χ1) is 9.41. The summed E-state index contributed by atoms with van der Waals surface area (Å²) in [6.07, 6.45) is -6.45. The summed E-state index contributed by atoms with van der Waals surface area (Å²) in [5.41, 5.74) is -7.38. The third-order valence-electron chi connectivity index (χ3n) is 2.66. The number of aliphatic hydroxyl groups is 1. The van der Waals surface area contributed by atoms with Gasteiger partial charge in [-0.3, -0.25) is 0 Å². The first-order valence-corrected chi connectivity index (χ1v) is 5.29. The number of hydrogen-bond acceptors (Lipinski definition) is 1. The first kappa shape index (κ1) is 21.1. The van der Waals surface area contributed by atoms with Crippen LogP contribution in [0.1, 0.15) is 13.3 Å². The average molecular weight is 360 g/mol. The summed E-state index contributed by atoms with van der Waals surface area (Å²) in [5.74, 6) is -29.1. The minimum absolute atomic E-state index is 0.319. The van der Waals surface area contributed by atoms with E-state index in [1.54, 1.807) is 0 Å². The molecular weight excluding hydrogens is 352 g/mol. The standard InChI is InChI=1S/C6F12.C3H8O/c7-1(6(16,17)18)2(8,9)4(12,13)5(14,15)3(1,10)11;1-2-3-4/h;4H,2-3H2,1H3. The normalized spacial score (nSPS) is 27.0. The minimum Gasteiger partial charge on any atom is -0.396 e. The second kappa shape index (κ2) is 5.34. The number of rotatable bonds is 1. The lowest BCUT2D eigenvalue weighted by Crippen LogP contribution is -2.63. The maximum Gasteiger partial charge on any atom is 0.435 e. The van der Waals surface area contributed by atoms with Crippen molar-refractivity contribution in [3.05, 3.63) is 0 Å².